The van der Waals surface area contributed by atoms with Crippen LogP contribution in [0.5, 0.6) is 0 Å². The van der Waals surface area contributed by atoms with Crippen LogP contribution in [0.4, 0.5) is 10.1 Å². The predicted molar refractivity (Wildman–Crippen MR) is 85.2 cm³/mol. The van der Waals surface area contributed by atoms with Crippen LogP contribution in [0, 0.1) is 5.82 Å². The molecule has 9 heteroatoms. The van der Waals surface area contributed by atoms with Gasteiger partial charge in [0, 0.05) is 5.69 Å². The largest absolute Gasteiger partial charge is 0.394 e. The van der Waals surface area contributed by atoms with Gasteiger partial charge in [0.1, 0.15) is 11.9 Å². The summed E-state index contributed by atoms with van der Waals surface area (Å²) in [5.74, 6) is -2.12. The molecule has 0 bridgehead atoms. The van der Waals surface area contributed by atoms with E-state index >= 15 is 0 Å². The summed E-state index contributed by atoms with van der Waals surface area (Å²) in [6, 6.07) is 4.13. The van der Waals surface area contributed by atoms with Gasteiger partial charge in [-0.15, -0.1) is 11.8 Å². The van der Waals surface area contributed by atoms with Crippen molar-refractivity contribution in [3.63, 3.8) is 0 Å². The molecule has 0 saturated heterocycles. The predicted octanol–water partition coefficient (Wildman–Crippen LogP) is -0.152. The van der Waals surface area contributed by atoms with Gasteiger partial charge in [-0.1, -0.05) is 0 Å². The normalized spacial score (nSPS) is 13.0. The summed E-state index contributed by atoms with van der Waals surface area (Å²) >= 11 is 1.05. The Morgan fingerprint density at radius 1 is 1.30 bits per heavy atom. The van der Waals surface area contributed by atoms with E-state index in [1.807, 2.05) is 0 Å². The zero-order chi connectivity index (χ0) is 17.4. The average molecular weight is 343 g/mol. The van der Waals surface area contributed by atoms with Gasteiger partial charge in [-0.2, -0.15) is 0 Å². The topological polar surface area (TPSA) is 122 Å². The SMILES string of the molecule is CC(SCC(=O)Nc1ccc(F)cc1)C(=O)N[C@@H](CO)C(N)=O. The van der Waals surface area contributed by atoms with Crippen LogP contribution < -0.4 is 16.4 Å². The number of primary amides is 1. The van der Waals surface area contributed by atoms with Gasteiger partial charge in [-0.3, -0.25) is 14.4 Å². The lowest BCUT2D eigenvalue weighted by atomic mass is 10.3. The van der Waals surface area contributed by atoms with E-state index in [4.69, 9.17) is 10.8 Å². The molecule has 126 valence electrons. The van der Waals surface area contributed by atoms with Crippen molar-refractivity contribution in [3.8, 4) is 0 Å². The first-order valence-electron chi connectivity index (χ1n) is 6.71. The zero-order valence-electron chi connectivity index (χ0n) is 12.4. The summed E-state index contributed by atoms with van der Waals surface area (Å²) in [5, 5.41) is 13.1. The summed E-state index contributed by atoms with van der Waals surface area (Å²) < 4.78 is 12.7. The Morgan fingerprint density at radius 2 is 1.91 bits per heavy atom. The fraction of sp³-hybridized carbons (Fsp3) is 0.357. The first kappa shape index (κ1) is 18.9. The van der Waals surface area contributed by atoms with Crippen molar-refractivity contribution in [2.24, 2.45) is 5.73 Å². The minimum Gasteiger partial charge on any atom is -0.394 e. The van der Waals surface area contributed by atoms with Crippen LogP contribution in [0.3, 0.4) is 0 Å². The van der Waals surface area contributed by atoms with Crippen LogP contribution in [0.15, 0.2) is 24.3 Å². The molecule has 0 radical (unpaired) electrons. The monoisotopic (exact) mass is 343 g/mol. The second-order valence-corrected chi connectivity index (χ2v) is 5.98. The van der Waals surface area contributed by atoms with E-state index in [2.05, 4.69) is 10.6 Å². The third kappa shape index (κ3) is 6.66. The number of thioether (sulfide) groups is 1. The summed E-state index contributed by atoms with van der Waals surface area (Å²) in [4.78, 5) is 34.5. The van der Waals surface area contributed by atoms with Crippen molar-refractivity contribution < 1.29 is 23.9 Å². The molecule has 0 spiro atoms. The number of hydrogen-bond donors (Lipinski definition) is 4. The molecular formula is C14H18FN3O4S. The Bertz CT molecular complexity index is 568. The number of aliphatic hydroxyl groups is 1. The third-order valence-corrected chi connectivity index (χ3v) is 3.95. The van der Waals surface area contributed by atoms with E-state index in [0.717, 1.165) is 11.8 Å². The molecule has 2 atom stereocenters. The Balaban J connectivity index is 2.40. The van der Waals surface area contributed by atoms with Gasteiger partial charge >= 0.3 is 0 Å². The van der Waals surface area contributed by atoms with Crippen molar-refractivity contribution in [2.45, 2.75) is 18.2 Å². The van der Waals surface area contributed by atoms with Gasteiger partial charge in [0.25, 0.3) is 0 Å². The second-order valence-electron chi connectivity index (χ2n) is 4.65. The molecule has 1 aromatic carbocycles. The lowest BCUT2D eigenvalue weighted by Gasteiger charge is -2.16. The summed E-state index contributed by atoms with van der Waals surface area (Å²) in [7, 11) is 0. The van der Waals surface area contributed by atoms with E-state index in [-0.39, 0.29) is 11.7 Å². The maximum absolute atomic E-state index is 12.7. The van der Waals surface area contributed by atoms with Crippen LogP contribution in [0.25, 0.3) is 0 Å². The lowest BCUT2D eigenvalue weighted by Crippen LogP contribution is -2.49. The molecule has 7 nitrogen and oxygen atoms in total. The molecule has 23 heavy (non-hydrogen) atoms. The van der Waals surface area contributed by atoms with Crippen LogP contribution >= 0.6 is 11.8 Å². The highest BCUT2D eigenvalue weighted by atomic mass is 32.2. The molecule has 1 rings (SSSR count). The number of hydrogen-bond acceptors (Lipinski definition) is 5. The standard InChI is InChI=1S/C14H18FN3O4S/c1-8(14(22)18-11(6-19)13(16)21)23-7-12(20)17-10-4-2-9(15)3-5-10/h2-5,8,11,19H,6-7H2,1H3,(H2,16,21)(H,17,20)(H,18,22)/t8?,11-/m0/s1. The Labute approximate surface area is 136 Å². The Hall–Kier alpha value is -2.13. The quantitative estimate of drug-likeness (QED) is 0.523. The van der Waals surface area contributed by atoms with Crippen molar-refractivity contribution in [1.29, 1.82) is 0 Å². The molecule has 0 saturated carbocycles. The van der Waals surface area contributed by atoms with Crippen LogP contribution in [-0.2, 0) is 14.4 Å². The van der Waals surface area contributed by atoms with Crippen molar-refractivity contribution in [2.75, 3.05) is 17.7 Å². The number of aliphatic hydroxyl groups excluding tert-OH is 1. The summed E-state index contributed by atoms with van der Waals surface area (Å²) in [6.07, 6.45) is 0. The van der Waals surface area contributed by atoms with Gasteiger partial charge in [-0.25, -0.2) is 4.39 Å². The molecule has 5 N–H and O–H groups in total. The molecular weight excluding hydrogens is 325 g/mol. The van der Waals surface area contributed by atoms with Crippen molar-refractivity contribution >= 4 is 35.2 Å². The van der Waals surface area contributed by atoms with Crippen molar-refractivity contribution in [3.05, 3.63) is 30.1 Å². The smallest absolute Gasteiger partial charge is 0.242 e. The highest BCUT2D eigenvalue weighted by Gasteiger charge is 2.21. The van der Waals surface area contributed by atoms with Gasteiger partial charge in [-0.05, 0) is 31.2 Å². The highest BCUT2D eigenvalue weighted by Crippen LogP contribution is 2.13. The number of nitrogens with one attached hydrogen (secondary N) is 2. The number of carbonyl (C=O) groups excluding carboxylic acids is 3. The summed E-state index contributed by atoms with van der Waals surface area (Å²) in [5.41, 5.74) is 5.45. The number of nitrogens with two attached hydrogens (primary N) is 1. The average Bonchev–Trinajstić information content (AvgIpc) is 2.51. The Kier molecular flexibility index (Phi) is 7.49. The number of halogens is 1. The van der Waals surface area contributed by atoms with E-state index in [1.165, 1.54) is 24.3 Å². The molecule has 3 amide bonds. The van der Waals surface area contributed by atoms with Crippen LogP contribution in [0.2, 0.25) is 0 Å². The maximum atomic E-state index is 12.7. The fourth-order valence-corrected chi connectivity index (χ4v) is 2.20. The van der Waals surface area contributed by atoms with Gasteiger partial charge in [0.15, 0.2) is 0 Å². The number of rotatable bonds is 8. The second kappa shape index (κ2) is 9.11. The van der Waals surface area contributed by atoms with E-state index in [0.29, 0.717) is 5.69 Å². The van der Waals surface area contributed by atoms with E-state index in [1.54, 1.807) is 6.92 Å². The van der Waals surface area contributed by atoms with Gasteiger partial charge < -0.3 is 21.5 Å². The number of anilines is 1. The highest BCUT2D eigenvalue weighted by molar-refractivity contribution is 8.01. The number of carbonyl (C=O) groups is 3. The maximum Gasteiger partial charge on any atom is 0.242 e. The number of amides is 3. The molecule has 0 aliphatic heterocycles. The molecule has 0 aliphatic carbocycles. The first-order valence-corrected chi connectivity index (χ1v) is 7.76. The van der Waals surface area contributed by atoms with Gasteiger partial charge in [0.05, 0.1) is 17.6 Å². The molecule has 1 unspecified atom stereocenters. The first-order chi connectivity index (χ1) is 10.8. The Morgan fingerprint density at radius 3 is 2.43 bits per heavy atom. The van der Waals surface area contributed by atoms with Crippen molar-refractivity contribution in [1.82, 2.24) is 5.32 Å². The lowest BCUT2D eigenvalue weighted by molar-refractivity contribution is -0.127. The zero-order valence-corrected chi connectivity index (χ0v) is 13.2. The molecule has 0 aromatic heterocycles. The third-order valence-electron chi connectivity index (χ3n) is 2.80. The van der Waals surface area contributed by atoms with E-state index < -0.39 is 35.5 Å². The fourth-order valence-electron chi connectivity index (χ4n) is 1.50. The molecule has 0 aliphatic rings. The molecule has 1 aromatic rings. The molecule has 0 fully saturated rings. The molecule has 0 heterocycles. The van der Waals surface area contributed by atoms with Crippen LogP contribution in [0.1, 0.15) is 6.92 Å². The van der Waals surface area contributed by atoms with E-state index in [9.17, 15) is 18.8 Å². The summed E-state index contributed by atoms with van der Waals surface area (Å²) in [6.45, 7) is 0.962. The van der Waals surface area contributed by atoms with Gasteiger partial charge in [0.2, 0.25) is 17.7 Å². The minimum atomic E-state index is -1.15. The number of benzene rings is 1. The minimum absolute atomic E-state index is 0.00761. The van der Waals surface area contributed by atoms with Crippen LogP contribution in [-0.4, -0.2) is 46.5 Å².